The molecule has 1 fully saturated rings. The minimum atomic E-state index is -0.428. The lowest BCUT2D eigenvalue weighted by molar-refractivity contribution is -0.125. The van der Waals surface area contributed by atoms with Crippen molar-refractivity contribution in [1.82, 2.24) is 19.6 Å². The quantitative estimate of drug-likeness (QED) is 0.920. The van der Waals surface area contributed by atoms with E-state index in [0.717, 1.165) is 17.6 Å². The Bertz CT molecular complexity index is 773. The molecule has 2 amide bonds. The first-order chi connectivity index (χ1) is 11.5. The van der Waals surface area contributed by atoms with E-state index in [4.69, 9.17) is 0 Å². The molecule has 0 unspecified atom stereocenters. The zero-order valence-corrected chi connectivity index (χ0v) is 15.0. The second-order valence-electron chi connectivity index (χ2n) is 6.20. The topological polar surface area (TPSA) is 66.7 Å². The van der Waals surface area contributed by atoms with E-state index >= 15 is 0 Å². The third kappa shape index (κ3) is 3.26. The largest absolute Gasteiger partial charge is 0.352 e. The van der Waals surface area contributed by atoms with Gasteiger partial charge in [-0.25, -0.2) is 4.98 Å². The number of nitrogens with one attached hydrogen (secondary N) is 1. The van der Waals surface area contributed by atoms with Gasteiger partial charge in [0, 0.05) is 24.2 Å². The summed E-state index contributed by atoms with van der Waals surface area (Å²) >= 11 is 1.60. The summed E-state index contributed by atoms with van der Waals surface area (Å²) in [5, 5.41) is 2.97. The Hall–Kier alpha value is -2.02. The standard InChI is InChI=1S/C17H22N4O2S/c1-4-12(3)18-16(22)14-9-24-10-21(14)17(23)13-8-20-6-5-11(2)7-15(20)19-13/h5-8,12,14H,4,9-10H2,1-3H3,(H,18,22)/t12-,14-/m1/s1. The molecule has 0 aromatic carbocycles. The molecule has 0 aliphatic carbocycles. The number of pyridine rings is 1. The fourth-order valence-electron chi connectivity index (χ4n) is 2.64. The van der Waals surface area contributed by atoms with Crippen LogP contribution in [0.4, 0.5) is 0 Å². The second-order valence-corrected chi connectivity index (χ2v) is 7.20. The van der Waals surface area contributed by atoms with Gasteiger partial charge in [0.2, 0.25) is 5.91 Å². The first-order valence-corrected chi connectivity index (χ1v) is 9.29. The average molecular weight is 346 g/mol. The van der Waals surface area contributed by atoms with Gasteiger partial charge in [-0.05, 0) is 38.0 Å². The van der Waals surface area contributed by atoms with Gasteiger partial charge in [-0.3, -0.25) is 9.59 Å². The van der Waals surface area contributed by atoms with Crippen molar-refractivity contribution in [2.24, 2.45) is 0 Å². The number of amides is 2. The number of fused-ring (bicyclic) bond motifs is 1. The number of aromatic nitrogens is 2. The van der Waals surface area contributed by atoms with Crippen LogP contribution in [0.5, 0.6) is 0 Å². The van der Waals surface area contributed by atoms with Crippen molar-refractivity contribution in [3.63, 3.8) is 0 Å². The number of hydrogen-bond donors (Lipinski definition) is 1. The number of rotatable bonds is 4. The summed E-state index contributed by atoms with van der Waals surface area (Å²) in [4.78, 5) is 31.3. The Morgan fingerprint density at radius 1 is 1.50 bits per heavy atom. The van der Waals surface area contributed by atoms with Gasteiger partial charge in [0.15, 0.2) is 0 Å². The molecule has 0 spiro atoms. The Morgan fingerprint density at radius 2 is 2.29 bits per heavy atom. The predicted octanol–water partition coefficient (Wildman–Crippen LogP) is 2.07. The highest BCUT2D eigenvalue weighted by molar-refractivity contribution is 7.99. The highest BCUT2D eigenvalue weighted by atomic mass is 32.2. The van der Waals surface area contributed by atoms with Crippen molar-refractivity contribution >= 4 is 29.2 Å². The minimum absolute atomic E-state index is 0.0812. The lowest BCUT2D eigenvalue weighted by Crippen LogP contribution is -2.49. The van der Waals surface area contributed by atoms with E-state index in [1.165, 1.54) is 0 Å². The van der Waals surface area contributed by atoms with Crippen molar-refractivity contribution in [3.8, 4) is 0 Å². The molecule has 0 saturated carbocycles. The lowest BCUT2D eigenvalue weighted by atomic mass is 10.2. The Kier molecular flexibility index (Phi) is 4.80. The van der Waals surface area contributed by atoms with Crippen LogP contribution in [-0.2, 0) is 4.79 Å². The second kappa shape index (κ2) is 6.84. The number of imidazole rings is 1. The van der Waals surface area contributed by atoms with Gasteiger partial charge in [0.1, 0.15) is 17.4 Å². The van der Waals surface area contributed by atoms with Crippen LogP contribution in [0.3, 0.4) is 0 Å². The predicted molar refractivity (Wildman–Crippen MR) is 95.1 cm³/mol. The molecule has 7 heteroatoms. The van der Waals surface area contributed by atoms with Crippen molar-refractivity contribution in [1.29, 1.82) is 0 Å². The summed E-state index contributed by atoms with van der Waals surface area (Å²) in [5.74, 6) is 0.873. The third-order valence-corrected chi connectivity index (χ3v) is 5.29. The summed E-state index contributed by atoms with van der Waals surface area (Å²) in [7, 11) is 0. The van der Waals surface area contributed by atoms with E-state index < -0.39 is 6.04 Å². The highest BCUT2D eigenvalue weighted by Crippen LogP contribution is 2.23. The van der Waals surface area contributed by atoms with E-state index in [2.05, 4.69) is 10.3 Å². The SMILES string of the molecule is CC[C@@H](C)NC(=O)[C@H]1CSCN1C(=O)c1cn2ccc(C)cc2n1. The van der Waals surface area contributed by atoms with Gasteiger partial charge in [-0.15, -0.1) is 11.8 Å². The number of thioether (sulfide) groups is 1. The van der Waals surface area contributed by atoms with E-state index in [1.54, 1.807) is 22.9 Å². The summed E-state index contributed by atoms with van der Waals surface area (Å²) in [5.41, 5.74) is 2.21. The zero-order valence-electron chi connectivity index (χ0n) is 14.2. The van der Waals surface area contributed by atoms with Crippen molar-refractivity contribution in [2.45, 2.75) is 39.3 Å². The van der Waals surface area contributed by atoms with Gasteiger partial charge in [0.25, 0.3) is 5.91 Å². The molecule has 24 heavy (non-hydrogen) atoms. The molecule has 6 nitrogen and oxygen atoms in total. The number of hydrogen-bond acceptors (Lipinski definition) is 4. The molecule has 0 radical (unpaired) electrons. The molecule has 2 atom stereocenters. The maximum atomic E-state index is 12.8. The fourth-order valence-corrected chi connectivity index (χ4v) is 3.79. The normalized spacial score (nSPS) is 18.8. The first kappa shape index (κ1) is 16.8. The molecule has 1 saturated heterocycles. The number of aryl methyl sites for hydroxylation is 1. The third-order valence-electron chi connectivity index (χ3n) is 4.28. The van der Waals surface area contributed by atoms with Crippen LogP contribution in [0.2, 0.25) is 0 Å². The van der Waals surface area contributed by atoms with Crippen LogP contribution in [-0.4, -0.2) is 49.8 Å². The van der Waals surface area contributed by atoms with Crippen LogP contribution < -0.4 is 5.32 Å². The van der Waals surface area contributed by atoms with Gasteiger partial charge in [0.05, 0.1) is 5.88 Å². The van der Waals surface area contributed by atoms with Crippen molar-refractivity contribution < 1.29 is 9.59 Å². The molecule has 1 N–H and O–H groups in total. The minimum Gasteiger partial charge on any atom is -0.352 e. The molecular formula is C17H22N4O2S. The van der Waals surface area contributed by atoms with Crippen LogP contribution in [0, 0.1) is 6.92 Å². The Balaban J connectivity index is 1.80. The Morgan fingerprint density at radius 3 is 3.04 bits per heavy atom. The molecule has 3 heterocycles. The number of nitrogens with zero attached hydrogens (tertiary/aromatic N) is 3. The molecule has 128 valence electrons. The summed E-state index contributed by atoms with van der Waals surface area (Å²) in [6.07, 6.45) is 4.48. The lowest BCUT2D eigenvalue weighted by Gasteiger charge is -2.23. The van der Waals surface area contributed by atoms with Gasteiger partial charge < -0.3 is 14.6 Å². The van der Waals surface area contributed by atoms with Crippen LogP contribution in [0.25, 0.3) is 5.65 Å². The van der Waals surface area contributed by atoms with Gasteiger partial charge >= 0.3 is 0 Å². The van der Waals surface area contributed by atoms with Crippen molar-refractivity contribution in [3.05, 3.63) is 35.8 Å². The van der Waals surface area contributed by atoms with Gasteiger partial charge in [-0.2, -0.15) is 0 Å². The average Bonchev–Trinajstić information content (AvgIpc) is 3.20. The summed E-state index contributed by atoms with van der Waals surface area (Å²) < 4.78 is 1.83. The molecular weight excluding hydrogens is 324 g/mol. The summed E-state index contributed by atoms with van der Waals surface area (Å²) in [6, 6.07) is 3.58. The maximum Gasteiger partial charge on any atom is 0.275 e. The van der Waals surface area contributed by atoms with E-state index in [0.29, 0.717) is 17.3 Å². The smallest absolute Gasteiger partial charge is 0.275 e. The van der Waals surface area contributed by atoms with E-state index in [9.17, 15) is 9.59 Å². The van der Waals surface area contributed by atoms with Crippen LogP contribution >= 0.6 is 11.8 Å². The molecule has 1 aliphatic heterocycles. The molecule has 2 aromatic heterocycles. The number of carbonyl (C=O) groups is 2. The Labute approximate surface area is 145 Å². The van der Waals surface area contributed by atoms with Crippen LogP contribution in [0.1, 0.15) is 36.3 Å². The fraction of sp³-hybridized carbons (Fsp3) is 0.471. The first-order valence-electron chi connectivity index (χ1n) is 8.14. The molecule has 0 bridgehead atoms. The van der Waals surface area contributed by atoms with E-state index in [-0.39, 0.29) is 17.9 Å². The molecule has 2 aromatic rings. The zero-order chi connectivity index (χ0) is 17.3. The maximum absolute atomic E-state index is 12.8. The molecule has 3 rings (SSSR count). The highest BCUT2D eigenvalue weighted by Gasteiger charge is 2.36. The monoisotopic (exact) mass is 346 g/mol. The van der Waals surface area contributed by atoms with Gasteiger partial charge in [-0.1, -0.05) is 6.92 Å². The van der Waals surface area contributed by atoms with E-state index in [1.807, 2.05) is 43.5 Å². The molecule has 1 aliphatic rings. The summed E-state index contributed by atoms with van der Waals surface area (Å²) in [6.45, 7) is 5.98. The number of carbonyl (C=O) groups excluding carboxylic acids is 2. The van der Waals surface area contributed by atoms with Crippen LogP contribution in [0.15, 0.2) is 24.5 Å². The van der Waals surface area contributed by atoms with Crippen molar-refractivity contribution in [2.75, 3.05) is 11.6 Å².